The van der Waals surface area contributed by atoms with Gasteiger partial charge in [0, 0.05) is 0 Å². The van der Waals surface area contributed by atoms with Crippen LogP contribution in [0.1, 0.15) is 0 Å². The fourth-order valence-corrected chi connectivity index (χ4v) is 0.321. The summed E-state index contributed by atoms with van der Waals surface area (Å²) in [5.41, 5.74) is 0. The Morgan fingerprint density at radius 2 is 1.10 bits per heavy atom. The van der Waals surface area contributed by atoms with Crippen LogP contribution in [0.5, 0.6) is 0 Å². The summed E-state index contributed by atoms with van der Waals surface area (Å²) in [6.45, 7) is 0. The first-order valence-electron chi connectivity index (χ1n) is 1.67. The van der Waals surface area contributed by atoms with E-state index >= 15 is 0 Å². The van der Waals surface area contributed by atoms with Crippen LogP contribution in [-0.2, 0) is 21.7 Å². The number of rotatable bonds is 0. The molecular weight excluding hydrogens is 242 g/mol. The molecule has 10 heavy (non-hydrogen) atoms. The van der Waals surface area contributed by atoms with Gasteiger partial charge in [-0.2, -0.15) is 18.2 Å². The summed E-state index contributed by atoms with van der Waals surface area (Å²) in [4.78, 5) is 0. The molecular formula is C5H8Cl3SiTi. The second-order valence-electron chi connectivity index (χ2n) is 0.962. The Kier molecular flexibility index (Phi) is 68.2. The maximum atomic E-state index is 2.00. The summed E-state index contributed by atoms with van der Waals surface area (Å²) in [5, 5.41) is 0. The van der Waals surface area contributed by atoms with Crippen LogP contribution in [0, 0.1) is 0 Å². The SMILES string of the molecule is [Cl-].[Cl-].[Cl-].[SiH3].[Ti+4].c1cc[cH-]c1. The zero-order valence-electron chi connectivity index (χ0n) is 5.52. The van der Waals surface area contributed by atoms with Crippen LogP contribution >= 0.6 is 0 Å². The Hall–Kier alpha value is 1.15. The molecule has 0 saturated carbocycles. The molecule has 1 radical (unpaired) electrons. The molecule has 0 heterocycles. The monoisotopic (exact) mass is 249 g/mol. The molecule has 57 valence electrons. The Bertz CT molecular complexity index is 73.4. The minimum atomic E-state index is 0. The van der Waals surface area contributed by atoms with E-state index in [2.05, 4.69) is 0 Å². The molecule has 0 spiro atoms. The molecule has 0 aromatic heterocycles. The van der Waals surface area contributed by atoms with Crippen LogP contribution in [0.4, 0.5) is 0 Å². The Balaban J connectivity index is -0.0000000167. The first kappa shape index (κ1) is 30.4. The minimum absolute atomic E-state index is 0. The molecule has 0 N–H and O–H groups in total. The summed E-state index contributed by atoms with van der Waals surface area (Å²) in [6, 6.07) is 10.0. The van der Waals surface area contributed by atoms with Crippen molar-refractivity contribution in [1.82, 2.24) is 0 Å². The zero-order chi connectivity index (χ0) is 3.54. The van der Waals surface area contributed by atoms with Gasteiger partial charge in [-0.15, -0.1) is 0 Å². The molecule has 0 aliphatic heterocycles. The maximum Gasteiger partial charge on any atom is 4.00 e. The summed E-state index contributed by atoms with van der Waals surface area (Å²) >= 11 is 0. The fourth-order valence-electron chi connectivity index (χ4n) is 0.321. The number of halogens is 3. The molecule has 0 unspecified atom stereocenters. The third-order valence-electron chi connectivity index (χ3n) is 0.556. The van der Waals surface area contributed by atoms with Crippen molar-refractivity contribution in [2.24, 2.45) is 0 Å². The van der Waals surface area contributed by atoms with E-state index in [1.165, 1.54) is 0 Å². The molecule has 1 aromatic rings. The van der Waals surface area contributed by atoms with E-state index in [0.29, 0.717) is 0 Å². The van der Waals surface area contributed by atoms with Gasteiger partial charge in [0.15, 0.2) is 0 Å². The first-order chi connectivity index (χ1) is 2.50. The maximum absolute atomic E-state index is 2.00. The van der Waals surface area contributed by atoms with Crippen LogP contribution in [-0.4, -0.2) is 11.0 Å². The molecule has 0 saturated heterocycles. The van der Waals surface area contributed by atoms with E-state index in [9.17, 15) is 0 Å². The van der Waals surface area contributed by atoms with Crippen LogP contribution < -0.4 is 37.2 Å². The molecule has 5 heteroatoms. The van der Waals surface area contributed by atoms with E-state index in [4.69, 9.17) is 0 Å². The van der Waals surface area contributed by atoms with Gasteiger partial charge in [-0.25, -0.2) is 12.1 Å². The van der Waals surface area contributed by atoms with E-state index in [-0.39, 0.29) is 69.9 Å². The van der Waals surface area contributed by atoms with Gasteiger partial charge >= 0.3 is 21.7 Å². The van der Waals surface area contributed by atoms with Crippen molar-refractivity contribution >= 4 is 11.0 Å². The van der Waals surface area contributed by atoms with Crippen LogP contribution in [0.15, 0.2) is 30.3 Å². The van der Waals surface area contributed by atoms with Crippen molar-refractivity contribution in [3.63, 3.8) is 0 Å². The van der Waals surface area contributed by atoms with Crippen molar-refractivity contribution in [2.75, 3.05) is 0 Å². The van der Waals surface area contributed by atoms with Crippen molar-refractivity contribution in [3.05, 3.63) is 30.3 Å². The summed E-state index contributed by atoms with van der Waals surface area (Å²) in [6.07, 6.45) is 0. The van der Waals surface area contributed by atoms with Gasteiger partial charge in [-0.3, -0.25) is 0 Å². The predicted octanol–water partition coefficient (Wildman–Crippen LogP) is -8.77. The molecule has 0 atom stereocenters. The van der Waals surface area contributed by atoms with Crippen molar-refractivity contribution in [1.29, 1.82) is 0 Å². The topological polar surface area (TPSA) is 0 Å². The molecule has 0 aliphatic carbocycles. The first-order valence-corrected chi connectivity index (χ1v) is 1.67. The Labute approximate surface area is 99.7 Å². The van der Waals surface area contributed by atoms with Crippen molar-refractivity contribution < 1.29 is 58.9 Å². The third kappa shape index (κ3) is 16.1. The largest absolute Gasteiger partial charge is 4.00 e. The number of hydrogen-bond acceptors (Lipinski definition) is 0. The minimum Gasteiger partial charge on any atom is -1.00 e. The quantitative estimate of drug-likeness (QED) is 0.317. The average Bonchev–Trinajstić information content (AvgIpc) is 1.76. The van der Waals surface area contributed by atoms with Crippen molar-refractivity contribution in [2.45, 2.75) is 0 Å². The molecule has 0 aliphatic rings. The molecule has 1 rings (SSSR count). The van der Waals surface area contributed by atoms with Gasteiger partial charge in [-0.05, 0) is 11.0 Å². The predicted molar refractivity (Wildman–Crippen MR) is 32.0 cm³/mol. The molecule has 0 amide bonds. The van der Waals surface area contributed by atoms with Crippen molar-refractivity contribution in [3.8, 4) is 0 Å². The van der Waals surface area contributed by atoms with E-state index < -0.39 is 0 Å². The summed E-state index contributed by atoms with van der Waals surface area (Å²) in [7, 11) is 0. The van der Waals surface area contributed by atoms with E-state index in [1.807, 2.05) is 30.3 Å². The Morgan fingerprint density at radius 3 is 1.20 bits per heavy atom. The van der Waals surface area contributed by atoms with Gasteiger partial charge in [0.25, 0.3) is 0 Å². The van der Waals surface area contributed by atoms with Gasteiger partial charge in [0.05, 0.1) is 0 Å². The smallest absolute Gasteiger partial charge is 1.00 e. The number of hydrogen-bond donors (Lipinski definition) is 0. The molecule has 0 nitrogen and oxygen atoms in total. The van der Waals surface area contributed by atoms with Crippen LogP contribution in [0.2, 0.25) is 0 Å². The second-order valence-corrected chi connectivity index (χ2v) is 0.962. The zero-order valence-corrected chi connectivity index (χ0v) is 11.3. The van der Waals surface area contributed by atoms with E-state index in [0.717, 1.165) is 0 Å². The third-order valence-corrected chi connectivity index (χ3v) is 0.556. The summed E-state index contributed by atoms with van der Waals surface area (Å²) in [5.74, 6) is 0. The van der Waals surface area contributed by atoms with Gasteiger partial charge < -0.3 is 37.2 Å². The molecule has 1 aromatic carbocycles. The standard InChI is InChI=1S/C5H5.3ClH.H3Si.Ti/c1-2-4-5-3-1;;;;;/h1-5H;3*1H;1H3;/q-1;;;;;+4/p-3. The summed E-state index contributed by atoms with van der Waals surface area (Å²) < 4.78 is 0. The van der Waals surface area contributed by atoms with Gasteiger partial charge in [-0.1, -0.05) is 0 Å². The fraction of sp³-hybridized carbons (Fsp3) is 0. The van der Waals surface area contributed by atoms with E-state index in [1.54, 1.807) is 0 Å². The average molecular weight is 250 g/mol. The van der Waals surface area contributed by atoms with Gasteiger partial charge in [0.2, 0.25) is 0 Å². The second kappa shape index (κ2) is 22.5. The Morgan fingerprint density at radius 1 is 0.800 bits per heavy atom. The van der Waals surface area contributed by atoms with Crippen LogP contribution in [0.3, 0.4) is 0 Å². The molecule has 0 bridgehead atoms. The normalized spacial score (nSPS) is 4.00. The molecule has 0 fully saturated rings. The van der Waals surface area contributed by atoms with Gasteiger partial charge in [0.1, 0.15) is 0 Å². The van der Waals surface area contributed by atoms with Crippen LogP contribution in [0.25, 0.3) is 0 Å².